The number of aliphatic carboxylic acids is 1. The largest absolute Gasteiger partial charge is 0.481 e. The molecular weight excluding hydrogens is 252 g/mol. The van der Waals surface area contributed by atoms with E-state index in [9.17, 15) is 4.79 Å². The maximum Gasteiger partial charge on any atom is 0.302 e. The molecular formula is C16H18O2Si. The van der Waals surface area contributed by atoms with E-state index in [4.69, 9.17) is 5.11 Å². The minimum atomic E-state index is -0.794. The number of hydrogen-bond acceptors (Lipinski definition) is 1. The highest BCUT2D eigenvalue weighted by molar-refractivity contribution is 6.46. The molecule has 2 aromatic carbocycles. The molecule has 0 heterocycles. The van der Waals surface area contributed by atoms with Gasteiger partial charge >= 0.3 is 5.97 Å². The Hall–Kier alpha value is -1.87. The van der Waals surface area contributed by atoms with Crippen LogP contribution in [0.1, 0.15) is 23.6 Å². The Kier molecular flexibility index (Phi) is 4.52. The third kappa shape index (κ3) is 3.55. The summed E-state index contributed by atoms with van der Waals surface area (Å²) < 4.78 is 0. The quantitative estimate of drug-likeness (QED) is 0.848. The molecule has 1 N–H and O–H groups in total. The molecule has 0 aromatic heterocycles. The van der Waals surface area contributed by atoms with Crippen LogP contribution in [0.5, 0.6) is 0 Å². The van der Waals surface area contributed by atoms with E-state index in [1.54, 1.807) is 0 Å². The molecule has 0 radical (unpaired) electrons. The van der Waals surface area contributed by atoms with Crippen LogP contribution in [0.25, 0.3) is 0 Å². The highest BCUT2D eigenvalue weighted by Gasteiger charge is 2.21. The zero-order valence-corrected chi connectivity index (χ0v) is 12.4. The van der Waals surface area contributed by atoms with Crippen LogP contribution >= 0.6 is 0 Å². The third-order valence-electron chi connectivity index (χ3n) is 3.41. The van der Waals surface area contributed by atoms with E-state index >= 15 is 0 Å². The van der Waals surface area contributed by atoms with Crippen molar-refractivity contribution >= 4 is 15.5 Å². The molecule has 1 atom stereocenters. The molecule has 0 aliphatic heterocycles. The second-order valence-electron chi connectivity index (χ2n) is 4.85. The van der Waals surface area contributed by atoms with E-state index < -0.39 is 15.5 Å². The summed E-state index contributed by atoms with van der Waals surface area (Å²) in [5.74, 6) is -0.677. The molecule has 3 heteroatoms. The van der Waals surface area contributed by atoms with Crippen molar-refractivity contribution in [1.29, 1.82) is 0 Å². The molecule has 0 saturated carbocycles. The number of carboxylic acids is 1. The predicted octanol–water partition coefficient (Wildman–Crippen LogP) is 2.84. The second-order valence-corrected chi connectivity index (χ2v) is 7.36. The first kappa shape index (κ1) is 13.6. The lowest BCUT2D eigenvalue weighted by atomic mass is 10.0. The van der Waals surface area contributed by atoms with E-state index in [0.29, 0.717) is 0 Å². The smallest absolute Gasteiger partial charge is 0.302 e. The van der Waals surface area contributed by atoms with Crippen LogP contribution in [0.3, 0.4) is 0 Å². The van der Waals surface area contributed by atoms with Crippen LogP contribution in [0.2, 0.25) is 5.54 Å². The van der Waals surface area contributed by atoms with Crippen LogP contribution in [-0.2, 0) is 4.79 Å². The Labute approximate surface area is 115 Å². The molecule has 19 heavy (non-hydrogen) atoms. The third-order valence-corrected chi connectivity index (χ3v) is 5.89. The summed E-state index contributed by atoms with van der Waals surface area (Å²) in [6.45, 7) is 1.83. The fourth-order valence-corrected chi connectivity index (χ4v) is 4.29. The van der Waals surface area contributed by atoms with Crippen molar-refractivity contribution in [2.24, 2.45) is 0 Å². The van der Waals surface area contributed by atoms with E-state index in [1.165, 1.54) is 11.1 Å². The lowest BCUT2D eigenvalue weighted by Crippen LogP contribution is -2.19. The average molecular weight is 270 g/mol. The van der Waals surface area contributed by atoms with Gasteiger partial charge in [-0.1, -0.05) is 67.6 Å². The SMILES string of the molecule is CC([SiH2]C(c1ccccc1)c1ccccc1)C(=O)O. The van der Waals surface area contributed by atoms with Crippen LogP contribution in [0.15, 0.2) is 60.7 Å². The lowest BCUT2D eigenvalue weighted by molar-refractivity contribution is -0.136. The molecule has 0 fully saturated rings. The Morgan fingerprint density at radius 2 is 1.37 bits per heavy atom. The van der Waals surface area contributed by atoms with Gasteiger partial charge in [0.1, 0.15) is 0 Å². The van der Waals surface area contributed by atoms with Crippen molar-refractivity contribution in [3.63, 3.8) is 0 Å². The first-order valence-corrected chi connectivity index (χ1v) is 8.14. The number of carboxylic acid groups (broad SMARTS) is 1. The Morgan fingerprint density at radius 1 is 0.947 bits per heavy atom. The van der Waals surface area contributed by atoms with Gasteiger partial charge in [0, 0.05) is 5.54 Å². The molecule has 0 amide bonds. The van der Waals surface area contributed by atoms with Gasteiger partial charge in [0.2, 0.25) is 0 Å². The fraction of sp³-hybridized carbons (Fsp3) is 0.188. The van der Waals surface area contributed by atoms with Gasteiger partial charge in [0.25, 0.3) is 0 Å². The summed E-state index contributed by atoms with van der Waals surface area (Å²) in [6.07, 6.45) is 0. The summed E-state index contributed by atoms with van der Waals surface area (Å²) >= 11 is 0. The van der Waals surface area contributed by atoms with Crippen molar-refractivity contribution in [3.8, 4) is 0 Å². The van der Waals surface area contributed by atoms with Gasteiger partial charge in [-0.25, -0.2) is 0 Å². The lowest BCUT2D eigenvalue weighted by Gasteiger charge is -2.19. The normalized spacial score (nSPS) is 12.9. The maximum absolute atomic E-state index is 11.1. The van der Waals surface area contributed by atoms with Crippen LogP contribution < -0.4 is 0 Å². The van der Waals surface area contributed by atoms with Gasteiger partial charge in [0.05, 0.1) is 9.52 Å². The minimum absolute atomic E-state index is 0.217. The molecule has 2 nitrogen and oxygen atoms in total. The van der Waals surface area contributed by atoms with Crippen LogP contribution in [0.4, 0.5) is 0 Å². The Balaban J connectivity index is 2.32. The fourth-order valence-electron chi connectivity index (χ4n) is 2.29. The van der Waals surface area contributed by atoms with Gasteiger partial charge in [0.15, 0.2) is 0 Å². The van der Waals surface area contributed by atoms with Gasteiger partial charge in [-0.15, -0.1) is 0 Å². The van der Waals surface area contributed by atoms with Crippen LogP contribution in [0, 0.1) is 0 Å². The zero-order valence-electron chi connectivity index (χ0n) is 11.0. The summed E-state index contributed by atoms with van der Waals surface area (Å²) in [5, 5.41) is 9.16. The molecule has 0 bridgehead atoms. The van der Waals surface area contributed by atoms with Crippen molar-refractivity contribution in [3.05, 3.63) is 71.8 Å². The summed E-state index contributed by atoms with van der Waals surface area (Å²) in [6, 6.07) is 20.4. The van der Waals surface area contributed by atoms with Crippen molar-refractivity contribution < 1.29 is 9.90 Å². The predicted molar refractivity (Wildman–Crippen MR) is 80.3 cm³/mol. The summed E-state index contributed by atoms with van der Waals surface area (Å²) in [4.78, 5) is 11.1. The molecule has 0 spiro atoms. The Bertz CT molecular complexity index is 485. The van der Waals surface area contributed by atoms with Crippen molar-refractivity contribution in [2.75, 3.05) is 0 Å². The summed E-state index contributed by atoms with van der Waals surface area (Å²) in [5.41, 5.74) is 2.51. The molecule has 2 rings (SSSR count). The van der Waals surface area contributed by atoms with Gasteiger partial charge in [-0.05, 0) is 16.7 Å². The molecule has 0 saturated heterocycles. The molecule has 98 valence electrons. The number of benzene rings is 2. The van der Waals surface area contributed by atoms with Gasteiger partial charge in [-0.3, -0.25) is 4.79 Å². The molecule has 0 aliphatic carbocycles. The van der Waals surface area contributed by atoms with E-state index in [2.05, 4.69) is 24.3 Å². The number of carbonyl (C=O) groups is 1. The van der Waals surface area contributed by atoms with E-state index in [1.807, 2.05) is 43.3 Å². The molecule has 2 aromatic rings. The molecule has 0 aliphatic rings. The Morgan fingerprint density at radius 3 is 1.74 bits per heavy atom. The first-order chi connectivity index (χ1) is 9.18. The highest BCUT2D eigenvalue weighted by atomic mass is 28.2. The molecule has 1 unspecified atom stereocenters. The van der Waals surface area contributed by atoms with Crippen molar-refractivity contribution in [2.45, 2.75) is 18.0 Å². The number of rotatable bonds is 5. The highest BCUT2D eigenvalue weighted by Crippen LogP contribution is 2.26. The van der Waals surface area contributed by atoms with Crippen molar-refractivity contribution in [1.82, 2.24) is 0 Å². The zero-order chi connectivity index (χ0) is 13.7. The van der Waals surface area contributed by atoms with Gasteiger partial charge < -0.3 is 5.11 Å². The number of hydrogen-bond donors (Lipinski definition) is 1. The minimum Gasteiger partial charge on any atom is -0.481 e. The van der Waals surface area contributed by atoms with E-state index in [-0.39, 0.29) is 11.1 Å². The average Bonchev–Trinajstić information content (AvgIpc) is 2.46. The summed E-state index contributed by atoms with van der Waals surface area (Å²) in [7, 11) is -0.794. The standard InChI is InChI=1S/C16H18O2Si/c1-12(16(17)18)19-15(13-8-4-2-5-9-13)14-10-6-3-7-11-14/h2-12,15H,19H2,1H3,(H,17,18). The second kappa shape index (κ2) is 6.34. The topological polar surface area (TPSA) is 37.3 Å². The first-order valence-electron chi connectivity index (χ1n) is 6.51. The maximum atomic E-state index is 11.1. The monoisotopic (exact) mass is 270 g/mol. The van der Waals surface area contributed by atoms with Gasteiger partial charge in [-0.2, -0.15) is 0 Å². The van der Waals surface area contributed by atoms with E-state index in [0.717, 1.165) is 0 Å². The van der Waals surface area contributed by atoms with Crippen LogP contribution in [-0.4, -0.2) is 20.6 Å².